The molecule has 0 fully saturated rings. The average molecular weight is 341 g/mol. The minimum atomic E-state index is -0.169. The monoisotopic (exact) mass is 341 g/mol. The van der Waals surface area contributed by atoms with Gasteiger partial charge in [0.25, 0.3) is 0 Å². The van der Waals surface area contributed by atoms with Crippen LogP contribution in [0.2, 0.25) is 0 Å². The van der Waals surface area contributed by atoms with Gasteiger partial charge in [-0.2, -0.15) is 0 Å². The van der Waals surface area contributed by atoms with Crippen LogP contribution in [0.3, 0.4) is 0 Å². The SMILES string of the molecule is COc1ccc2c(c1)OC[C@H](C(=O)NCCNc1cc(C)ccn1)C2. The van der Waals surface area contributed by atoms with Crippen LogP contribution in [0.5, 0.6) is 11.5 Å². The van der Waals surface area contributed by atoms with Gasteiger partial charge in [-0.15, -0.1) is 0 Å². The predicted octanol–water partition coefficient (Wildman–Crippen LogP) is 2.18. The largest absolute Gasteiger partial charge is 0.497 e. The van der Waals surface area contributed by atoms with Crippen LogP contribution in [-0.2, 0) is 11.2 Å². The first-order valence-corrected chi connectivity index (χ1v) is 8.39. The summed E-state index contributed by atoms with van der Waals surface area (Å²) in [5.41, 5.74) is 2.19. The number of pyridine rings is 1. The maximum atomic E-state index is 12.3. The number of hydrogen-bond donors (Lipinski definition) is 2. The highest BCUT2D eigenvalue weighted by molar-refractivity contribution is 5.79. The molecule has 0 saturated heterocycles. The van der Waals surface area contributed by atoms with E-state index < -0.39 is 0 Å². The van der Waals surface area contributed by atoms with Crippen molar-refractivity contribution in [1.29, 1.82) is 0 Å². The lowest BCUT2D eigenvalue weighted by atomic mass is 9.96. The van der Waals surface area contributed by atoms with Crippen LogP contribution in [0.25, 0.3) is 0 Å². The van der Waals surface area contributed by atoms with E-state index in [0.29, 0.717) is 26.1 Å². The third-order valence-corrected chi connectivity index (χ3v) is 4.20. The van der Waals surface area contributed by atoms with Crippen molar-refractivity contribution in [3.63, 3.8) is 0 Å². The number of aryl methyl sites for hydroxylation is 1. The van der Waals surface area contributed by atoms with Gasteiger partial charge < -0.3 is 20.1 Å². The van der Waals surface area contributed by atoms with Gasteiger partial charge in [-0.25, -0.2) is 4.98 Å². The van der Waals surface area contributed by atoms with E-state index in [2.05, 4.69) is 15.6 Å². The Hall–Kier alpha value is -2.76. The molecule has 0 bridgehead atoms. The first-order chi connectivity index (χ1) is 12.2. The number of amides is 1. The molecule has 1 aromatic heterocycles. The molecule has 1 aliphatic heterocycles. The smallest absolute Gasteiger partial charge is 0.226 e. The fourth-order valence-electron chi connectivity index (χ4n) is 2.80. The highest BCUT2D eigenvalue weighted by Gasteiger charge is 2.26. The van der Waals surface area contributed by atoms with Crippen molar-refractivity contribution < 1.29 is 14.3 Å². The minimum absolute atomic E-state index is 0.0143. The quantitative estimate of drug-likeness (QED) is 0.788. The third kappa shape index (κ3) is 4.41. The number of nitrogens with zero attached hydrogens (tertiary/aromatic N) is 1. The van der Waals surface area contributed by atoms with Crippen molar-refractivity contribution in [2.45, 2.75) is 13.3 Å². The molecule has 0 aliphatic carbocycles. The molecule has 0 radical (unpaired) electrons. The normalized spacial score (nSPS) is 15.7. The predicted molar refractivity (Wildman–Crippen MR) is 96.2 cm³/mol. The Balaban J connectivity index is 1.46. The molecule has 25 heavy (non-hydrogen) atoms. The molecule has 0 saturated carbocycles. The molecular formula is C19H23N3O3. The van der Waals surface area contributed by atoms with Crippen molar-refractivity contribution in [3.05, 3.63) is 47.7 Å². The van der Waals surface area contributed by atoms with Crippen LogP contribution < -0.4 is 20.1 Å². The number of anilines is 1. The second-order valence-electron chi connectivity index (χ2n) is 6.12. The lowest BCUT2D eigenvalue weighted by Gasteiger charge is -2.25. The van der Waals surface area contributed by atoms with Gasteiger partial charge in [0.05, 0.1) is 13.0 Å². The second-order valence-corrected chi connectivity index (χ2v) is 6.12. The summed E-state index contributed by atoms with van der Waals surface area (Å²) in [6.45, 7) is 3.58. The number of carbonyl (C=O) groups excluding carboxylic acids is 1. The van der Waals surface area contributed by atoms with Crippen LogP contribution in [-0.4, -0.2) is 37.7 Å². The summed E-state index contributed by atoms with van der Waals surface area (Å²) in [5, 5.41) is 6.16. The second kappa shape index (κ2) is 7.88. The van der Waals surface area contributed by atoms with Crippen molar-refractivity contribution >= 4 is 11.7 Å². The van der Waals surface area contributed by atoms with E-state index in [1.807, 2.05) is 37.3 Å². The molecule has 0 spiro atoms. The number of fused-ring (bicyclic) bond motifs is 1. The van der Waals surface area contributed by atoms with Crippen LogP contribution in [0, 0.1) is 12.8 Å². The Labute approximate surface area is 147 Å². The molecule has 6 heteroatoms. The molecule has 2 heterocycles. The van der Waals surface area contributed by atoms with Gasteiger partial charge in [-0.05, 0) is 42.7 Å². The van der Waals surface area contributed by atoms with E-state index >= 15 is 0 Å². The molecule has 1 aliphatic rings. The fraction of sp³-hybridized carbons (Fsp3) is 0.368. The zero-order valence-electron chi connectivity index (χ0n) is 14.5. The molecule has 0 unspecified atom stereocenters. The number of rotatable bonds is 6. The van der Waals surface area contributed by atoms with Crippen LogP contribution in [0.1, 0.15) is 11.1 Å². The number of benzene rings is 1. The zero-order chi connectivity index (χ0) is 17.6. The zero-order valence-corrected chi connectivity index (χ0v) is 14.5. The van der Waals surface area contributed by atoms with Crippen LogP contribution >= 0.6 is 0 Å². The van der Waals surface area contributed by atoms with Gasteiger partial charge in [-0.3, -0.25) is 4.79 Å². The third-order valence-electron chi connectivity index (χ3n) is 4.20. The van der Waals surface area contributed by atoms with Gasteiger partial charge in [0, 0.05) is 25.4 Å². The highest BCUT2D eigenvalue weighted by atomic mass is 16.5. The van der Waals surface area contributed by atoms with E-state index in [1.54, 1.807) is 13.3 Å². The molecular weight excluding hydrogens is 318 g/mol. The molecule has 1 atom stereocenters. The minimum Gasteiger partial charge on any atom is -0.497 e. The highest BCUT2D eigenvalue weighted by Crippen LogP contribution is 2.30. The van der Waals surface area contributed by atoms with Gasteiger partial charge >= 0.3 is 0 Å². The number of nitrogens with one attached hydrogen (secondary N) is 2. The maximum Gasteiger partial charge on any atom is 0.226 e. The Morgan fingerprint density at radius 2 is 2.20 bits per heavy atom. The molecule has 1 amide bonds. The maximum absolute atomic E-state index is 12.3. The van der Waals surface area contributed by atoms with Crippen LogP contribution in [0.4, 0.5) is 5.82 Å². The van der Waals surface area contributed by atoms with Gasteiger partial charge in [-0.1, -0.05) is 6.07 Å². The fourth-order valence-corrected chi connectivity index (χ4v) is 2.80. The number of aromatic nitrogens is 1. The van der Waals surface area contributed by atoms with E-state index in [1.165, 1.54) is 0 Å². The lowest BCUT2D eigenvalue weighted by molar-refractivity contribution is -0.126. The Kier molecular flexibility index (Phi) is 5.38. The summed E-state index contributed by atoms with van der Waals surface area (Å²) in [4.78, 5) is 16.6. The van der Waals surface area contributed by atoms with Crippen molar-refractivity contribution in [1.82, 2.24) is 10.3 Å². The molecule has 2 N–H and O–H groups in total. The number of carbonyl (C=O) groups is 1. The summed E-state index contributed by atoms with van der Waals surface area (Å²) < 4.78 is 10.9. The van der Waals surface area contributed by atoms with Crippen molar-refractivity contribution in [2.75, 3.05) is 32.1 Å². The topological polar surface area (TPSA) is 72.5 Å². The number of ether oxygens (including phenoxy) is 2. The summed E-state index contributed by atoms with van der Waals surface area (Å²) in [7, 11) is 1.63. The molecule has 6 nitrogen and oxygen atoms in total. The summed E-state index contributed by atoms with van der Waals surface area (Å²) >= 11 is 0. The Morgan fingerprint density at radius 3 is 3.00 bits per heavy atom. The van der Waals surface area contributed by atoms with Crippen LogP contribution in [0.15, 0.2) is 36.5 Å². The van der Waals surface area contributed by atoms with Crippen molar-refractivity contribution in [2.24, 2.45) is 5.92 Å². The summed E-state index contributed by atoms with van der Waals surface area (Å²) in [6.07, 6.45) is 2.44. The van der Waals surface area contributed by atoms with Gasteiger partial charge in [0.2, 0.25) is 5.91 Å². The first kappa shape index (κ1) is 17.1. The summed E-state index contributed by atoms with van der Waals surface area (Å²) in [5.74, 6) is 2.23. The summed E-state index contributed by atoms with van der Waals surface area (Å²) in [6, 6.07) is 9.63. The van der Waals surface area contributed by atoms with E-state index in [9.17, 15) is 4.79 Å². The lowest BCUT2D eigenvalue weighted by Crippen LogP contribution is -2.39. The van der Waals surface area contributed by atoms with E-state index in [0.717, 1.165) is 28.4 Å². The number of hydrogen-bond acceptors (Lipinski definition) is 5. The number of methoxy groups -OCH3 is 1. The van der Waals surface area contributed by atoms with E-state index in [4.69, 9.17) is 9.47 Å². The van der Waals surface area contributed by atoms with E-state index in [-0.39, 0.29) is 11.8 Å². The Morgan fingerprint density at radius 1 is 1.32 bits per heavy atom. The van der Waals surface area contributed by atoms with Crippen molar-refractivity contribution in [3.8, 4) is 11.5 Å². The molecule has 132 valence electrons. The first-order valence-electron chi connectivity index (χ1n) is 8.39. The molecule has 1 aromatic carbocycles. The Bertz CT molecular complexity index is 748. The molecule has 2 aromatic rings. The standard InChI is InChI=1S/C19H23N3O3/c1-13-5-6-20-18(9-13)21-7-8-22-19(23)15-10-14-3-4-16(24-2)11-17(14)25-12-15/h3-6,9,11,15H,7-8,10,12H2,1-2H3,(H,20,21)(H,22,23)/t15-/m1/s1. The molecule has 3 rings (SSSR count). The van der Waals surface area contributed by atoms with Gasteiger partial charge in [0.15, 0.2) is 0 Å². The average Bonchev–Trinajstić information content (AvgIpc) is 2.64. The van der Waals surface area contributed by atoms with Gasteiger partial charge in [0.1, 0.15) is 23.9 Å².